The average molecular weight is 510 g/mol. The smallest absolute Gasteiger partial charge is 0.263 e. The number of nitrogens with one attached hydrogen (secondary N) is 1. The molecule has 36 heavy (non-hydrogen) atoms. The molecule has 3 aromatic carbocycles. The van der Waals surface area contributed by atoms with Crippen molar-refractivity contribution in [1.29, 1.82) is 0 Å². The van der Waals surface area contributed by atoms with E-state index in [1.54, 1.807) is 36.4 Å². The molecule has 0 spiro atoms. The maximum atomic E-state index is 13.5. The first-order valence-electron chi connectivity index (χ1n) is 10.8. The van der Waals surface area contributed by atoms with E-state index >= 15 is 0 Å². The van der Waals surface area contributed by atoms with Crippen molar-refractivity contribution < 1.29 is 22.0 Å². The number of sulfonamides is 1. The third-order valence-electron chi connectivity index (χ3n) is 5.48. The van der Waals surface area contributed by atoms with Gasteiger partial charge in [-0.1, -0.05) is 36.4 Å². The van der Waals surface area contributed by atoms with Crippen molar-refractivity contribution in [3.63, 3.8) is 0 Å². The molecule has 3 N–H and O–H groups in total. The summed E-state index contributed by atoms with van der Waals surface area (Å²) in [6.45, 7) is 0.0792. The third kappa shape index (κ3) is 5.73. The Balaban J connectivity index is 1.49. The van der Waals surface area contributed by atoms with E-state index < -0.39 is 33.1 Å². The number of aromatic nitrogens is 1. The first-order chi connectivity index (χ1) is 17.1. The number of hydrogen-bond acceptors (Lipinski definition) is 4. The van der Waals surface area contributed by atoms with Crippen LogP contribution >= 0.6 is 0 Å². The van der Waals surface area contributed by atoms with Crippen LogP contribution < -0.4 is 16.0 Å². The lowest BCUT2D eigenvalue weighted by Crippen LogP contribution is -2.32. The van der Waals surface area contributed by atoms with Gasteiger partial charge in [0.15, 0.2) is 11.6 Å². The fourth-order valence-corrected chi connectivity index (χ4v) is 4.22. The summed E-state index contributed by atoms with van der Waals surface area (Å²) in [4.78, 5) is 25.5. The molecule has 0 fully saturated rings. The maximum Gasteiger partial charge on any atom is 0.263 e. The number of primary sulfonamides is 1. The standard InChI is InChI=1S/C26H21F2N3O4S/c27-23-10-9-18(13-24(23)28)16-31-11-3-8-22(26(31)33)25(32)30-15-17-4-1-5-19(12-17)20-6-2-7-21(14-20)36(29,34)35/h1-14H,15-16H2,(H,30,32)(H2,29,34,35). The molecular formula is C26H21F2N3O4S. The number of carbonyl (C=O) groups is 1. The van der Waals surface area contributed by atoms with Crippen molar-refractivity contribution in [3.05, 3.63) is 124 Å². The lowest BCUT2D eigenvalue weighted by molar-refractivity contribution is 0.0948. The second-order valence-corrected chi connectivity index (χ2v) is 9.62. The molecule has 4 aromatic rings. The van der Waals surface area contributed by atoms with E-state index in [2.05, 4.69) is 5.32 Å². The number of rotatable bonds is 7. The molecule has 0 aliphatic rings. The molecule has 1 aromatic heterocycles. The quantitative estimate of drug-likeness (QED) is 0.398. The highest BCUT2D eigenvalue weighted by Gasteiger charge is 2.14. The average Bonchev–Trinajstić information content (AvgIpc) is 2.86. The minimum Gasteiger partial charge on any atom is -0.348 e. The molecule has 1 heterocycles. The molecule has 0 saturated carbocycles. The maximum absolute atomic E-state index is 13.5. The second kappa shape index (κ2) is 10.2. The van der Waals surface area contributed by atoms with Gasteiger partial charge in [0.1, 0.15) is 5.56 Å². The zero-order valence-electron chi connectivity index (χ0n) is 18.8. The van der Waals surface area contributed by atoms with Gasteiger partial charge in [0.25, 0.3) is 11.5 Å². The Kier molecular flexibility index (Phi) is 7.09. The van der Waals surface area contributed by atoms with Crippen LogP contribution in [0, 0.1) is 11.6 Å². The van der Waals surface area contributed by atoms with Crippen LogP contribution in [0.3, 0.4) is 0 Å². The summed E-state index contributed by atoms with van der Waals surface area (Å²) >= 11 is 0. The van der Waals surface area contributed by atoms with Gasteiger partial charge in [-0.25, -0.2) is 22.3 Å². The van der Waals surface area contributed by atoms with Gasteiger partial charge in [-0.3, -0.25) is 9.59 Å². The topological polar surface area (TPSA) is 111 Å². The van der Waals surface area contributed by atoms with Gasteiger partial charge in [-0.2, -0.15) is 0 Å². The third-order valence-corrected chi connectivity index (χ3v) is 6.39. The highest BCUT2D eigenvalue weighted by atomic mass is 32.2. The molecule has 0 atom stereocenters. The van der Waals surface area contributed by atoms with Gasteiger partial charge in [0, 0.05) is 12.7 Å². The van der Waals surface area contributed by atoms with Crippen LogP contribution in [0.1, 0.15) is 21.5 Å². The molecule has 4 rings (SSSR count). The van der Waals surface area contributed by atoms with E-state index in [9.17, 15) is 26.8 Å². The number of benzene rings is 3. The van der Waals surface area contributed by atoms with Gasteiger partial charge >= 0.3 is 0 Å². The monoisotopic (exact) mass is 509 g/mol. The van der Waals surface area contributed by atoms with E-state index in [0.717, 1.165) is 23.3 Å². The summed E-state index contributed by atoms with van der Waals surface area (Å²) in [5, 5.41) is 7.91. The summed E-state index contributed by atoms with van der Waals surface area (Å²) in [5.74, 6) is -2.60. The molecule has 0 saturated heterocycles. The van der Waals surface area contributed by atoms with Crippen molar-refractivity contribution in [1.82, 2.24) is 9.88 Å². The molecule has 10 heteroatoms. The summed E-state index contributed by atoms with van der Waals surface area (Å²) in [5.41, 5.74) is 1.78. The van der Waals surface area contributed by atoms with Gasteiger partial charge < -0.3 is 9.88 Å². The van der Waals surface area contributed by atoms with Gasteiger partial charge in [0.2, 0.25) is 10.0 Å². The summed E-state index contributed by atoms with van der Waals surface area (Å²) in [7, 11) is -3.85. The van der Waals surface area contributed by atoms with E-state index in [1.165, 1.54) is 41.1 Å². The minimum atomic E-state index is -3.85. The predicted molar refractivity (Wildman–Crippen MR) is 131 cm³/mol. The number of carbonyl (C=O) groups excluding carboxylic acids is 1. The van der Waals surface area contributed by atoms with E-state index in [1.807, 2.05) is 0 Å². The van der Waals surface area contributed by atoms with Crippen LogP contribution in [-0.4, -0.2) is 18.9 Å². The number of amides is 1. The Hall–Kier alpha value is -4.15. The first-order valence-corrected chi connectivity index (χ1v) is 12.3. The molecule has 0 unspecified atom stereocenters. The molecular weight excluding hydrogens is 488 g/mol. The van der Waals surface area contributed by atoms with Gasteiger partial charge in [0.05, 0.1) is 11.4 Å². The fourth-order valence-electron chi connectivity index (χ4n) is 3.66. The molecule has 184 valence electrons. The highest BCUT2D eigenvalue weighted by Crippen LogP contribution is 2.23. The van der Waals surface area contributed by atoms with Gasteiger partial charge in [-0.15, -0.1) is 0 Å². The molecule has 0 aliphatic heterocycles. The van der Waals surface area contributed by atoms with Crippen molar-refractivity contribution in [2.45, 2.75) is 18.0 Å². The molecule has 1 amide bonds. The van der Waals surface area contributed by atoms with Crippen LogP contribution in [0.2, 0.25) is 0 Å². The summed E-state index contributed by atoms with van der Waals surface area (Å²) in [6, 6.07) is 19.6. The van der Waals surface area contributed by atoms with Crippen LogP contribution in [0.5, 0.6) is 0 Å². The highest BCUT2D eigenvalue weighted by molar-refractivity contribution is 7.89. The van der Waals surface area contributed by atoms with Crippen LogP contribution in [0.15, 0.2) is 94.7 Å². The number of nitrogens with zero attached hydrogens (tertiary/aromatic N) is 1. The fraction of sp³-hybridized carbons (Fsp3) is 0.0769. The van der Waals surface area contributed by atoms with Crippen LogP contribution in [0.4, 0.5) is 8.78 Å². The Morgan fingerprint density at radius 1 is 0.861 bits per heavy atom. The van der Waals surface area contributed by atoms with Crippen LogP contribution in [-0.2, 0) is 23.1 Å². The Bertz CT molecular complexity index is 1620. The zero-order chi connectivity index (χ0) is 25.9. The summed E-state index contributed by atoms with van der Waals surface area (Å²) in [6.07, 6.45) is 1.46. The predicted octanol–water partition coefficient (Wildman–Crippen LogP) is 3.42. The van der Waals surface area contributed by atoms with E-state index in [-0.39, 0.29) is 23.5 Å². The first kappa shape index (κ1) is 25.0. The lowest BCUT2D eigenvalue weighted by atomic mass is 10.0. The zero-order valence-corrected chi connectivity index (χ0v) is 19.6. The molecule has 0 bridgehead atoms. The molecule has 0 radical (unpaired) electrons. The normalized spacial score (nSPS) is 11.3. The van der Waals surface area contributed by atoms with E-state index in [0.29, 0.717) is 11.1 Å². The Morgan fingerprint density at radius 2 is 1.58 bits per heavy atom. The lowest BCUT2D eigenvalue weighted by Gasteiger charge is -2.10. The van der Waals surface area contributed by atoms with Crippen molar-refractivity contribution >= 4 is 15.9 Å². The Labute approximate surface area is 205 Å². The van der Waals surface area contributed by atoms with Crippen molar-refractivity contribution in [2.75, 3.05) is 0 Å². The van der Waals surface area contributed by atoms with E-state index in [4.69, 9.17) is 5.14 Å². The second-order valence-electron chi connectivity index (χ2n) is 8.06. The van der Waals surface area contributed by atoms with Crippen molar-refractivity contribution in [3.8, 4) is 11.1 Å². The van der Waals surface area contributed by atoms with Gasteiger partial charge in [-0.05, 0) is 64.7 Å². The van der Waals surface area contributed by atoms with Crippen molar-refractivity contribution in [2.24, 2.45) is 5.14 Å². The number of halogens is 2. The number of hydrogen-bond donors (Lipinski definition) is 2. The largest absolute Gasteiger partial charge is 0.348 e. The molecule has 0 aliphatic carbocycles. The summed E-state index contributed by atoms with van der Waals surface area (Å²) < 4.78 is 51.2. The minimum absolute atomic E-state index is 0.0116. The SMILES string of the molecule is NS(=O)(=O)c1cccc(-c2cccc(CNC(=O)c3cccn(Cc4ccc(F)c(F)c4)c3=O)c2)c1. The number of pyridine rings is 1. The number of nitrogens with two attached hydrogens (primary N) is 1. The molecule has 7 nitrogen and oxygen atoms in total. The Morgan fingerprint density at radius 3 is 2.31 bits per heavy atom. The van der Waals surface area contributed by atoms with Crippen LogP contribution in [0.25, 0.3) is 11.1 Å².